The maximum Gasteiger partial charge on any atom is 0.204 e. The molecule has 3 rings (SSSR count). The average Bonchev–Trinajstić information content (AvgIpc) is 2.94. The van der Waals surface area contributed by atoms with Crippen LogP contribution in [-0.2, 0) is 0 Å². The predicted octanol–water partition coefficient (Wildman–Crippen LogP) is 3.04. The Morgan fingerprint density at radius 2 is 1.94 bits per heavy atom. The fourth-order valence-electron chi connectivity index (χ4n) is 1.81. The standard InChI is InChI=1S/C13H9NO2/c15-9-11-5-6-13(16-11)14-8-7-10-3-1-2-4-12(10)14/h1-9H. The molecule has 78 valence electrons. The number of hydrogen-bond acceptors (Lipinski definition) is 2. The summed E-state index contributed by atoms with van der Waals surface area (Å²) in [6, 6.07) is 13.5. The van der Waals surface area contributed by atoms with Gasteiger partial charge >= 0.3 is 0 Å². The number of benzene rings is 1. The van der Waals surface area contributed by atoms with Crippen molar-refractivity contribution in [3.05, 3.63) is 54.4 Å². The monoisotopic (exact) mass is 211 g/mol. The van der Waals surface area contributed by atoms with Crippen molar-refractivity contribution in [2.45, 2.75) is 0 Å². The second kappa shape index (κ2) is 3.38. The molecule has 0 N–H and O–H groups in total. The highest BCUT2D eigenvalue weighted by Gasteiger charge is 2.06. The molecule has 3 nitrogen and oxygen atoms in total. The minimum Gasteiger partial charge on any atom is -0.437 e. The molecular formula is C13H9NO2. The summed E-state index contributed by atoms with van der Waals surface area (Å²) in [5, 5.41) is 1.14. The molecule has 0 aliphatic heterocycles. The average molecular weight is 211 g/mol. The van der Waals surface area contributed by atoms with Gasteiger partial charge in [0.15, 0.2) is 12.0 Å². The Hall–Kier alpha value is -2.29. The lowest BCUT2D eigenvalue weighted by molar-refractivity contribution is 0.110. The van der Waals surface area contributed by atoms with Gasteiger partial charge in [-0.2, -0.15) is 0 Å². The van der Waals surface area contributed by atoms with Gasteiger partial charge in [0.25, 0.3) is 0 Å². The highest BCUT2D eigenvalue weighted by Crippen LogP contribution is 2.21. The lowest BCUT2D eigenvalue weighted by Crippen LogP contribution is -1.88. The van der Waals surface area contributed by atoms with Gasteiger partial charge in [0.05, 0.1) is 5.52 Å². The normalized spacial score (nSPS) is 10.8. The number of aldehydes is 1. The number of furan rings is 1. The van der Waals surface area contributed by atoms with Crippen molar-refractivity contribution in [2.75, 3.05) is 0 Å². The van der Waals surface area contributed by atoms with Crippen molar-refractivity contribution in [2.24, 2.45) is 0 Å². The van der Waals surface area contributed by atoms with Gasteiger partial charge in [-0.15, -0.1) is 0 Å². The molecule has 0 aliphatic carbocycles. The fourth-order valence-corrected chi connectivity index (χ4v) is 1.81. The SMILES string of the molecule is O=Cc1ccc(-n2ccc3ccccc32)o1. The van der Waals surface area contributed by atoms with Crippen molar-refractivity contribution >= 4 is 17.2 Å². The van der Waals surface area contributed by atoms with Crippen LogP contribution in [0.2, 0.25) is 0 Å². The molecule has 0 bridgehead atoms. The van der Waals surface area contributed by atoms with E-state index in [2.05, 4.69) is 0 Å². The number of para-hydroxylation sites is 1. The molecule has 1 aromatic carbocycles. The first-order valence-corrected chi connectivity index (χ1v) is 5.00. The van der Waals surface area contributed by atoms with Crippen molar-refractivity contribution in [3.63, 3.8) is 0 Å². The number of nitrogens with zero attached hydrogens (tertiary/aromatic N) is 1. The molecule has 2 aromatic heterocycles. The number of carbonyl (C=O) groups excluding carboxylic acids is 1. The number of hydrogen-bond donors (Lipinski definition) is 0. The fraction of sp³-hybridized carbons (Fsp3) is 0. The van der Waals surface area contributed by atoms with Crippen molar-refractivity contribution in [3.8, 4) is 5.88 Å². The van der Waals surface area contributed by atoms with Gasteiger partial charge in [-0.05, 0) is 18.2 Å². The summed E-state index contributed by atoms with van der Waals surface area (Å²) in [6.07, 6.45) is 2.63. The minimum absolute atomic E-state index is 0.341. The van der Waals surface area contributed by atoms with Crippen LogP contribution < -0.4 is 0 Å². The third-order valence-corrected chi connectivity index (χ3v) is 2.57. The summed E-state index contributed by atoms with van der Waals surface area (Å²) in [5.41, 5.74) is 1.06. The Morgan fingerprint density at radius 3 is 2.75 bits per heavy atom. The third-order valence-electron chi connectivity index (χ3n) is 2.57. The molecule has 2 heterocycles. The van der Waals surface area contributed by atoms with Gasteiger partial charge in [0.1, 0.15) is 0 Å². The molecule has 0 unspecified atom stereocenters. The third kappa shape index (κ3) is 1.26. The first kappa shape index (κ1) is 8.97. The van der Waals surface area contributed by atoms with E-state index in [1.807, 2.05) is 41.1 Å². The number of aromatic nitrogens is 1. The van der Waals surface area contributed by atoms with E-state index >= 15 is 0 Å². The minimum atomic E-state index is 0.341. The van der Waals surface area contributed by atoms with Crippen LogP contribution in [0.3, 0.4) is 0 Å². The van der Waals surface area contributed by atoms with Crippen LogP contribution in [0, 0.1) is 0 Å². The van der Waals surface area contributed by atoms with Crippen LogP contribution in [0.5, 0.6) is 0 Å². The molecule has 0 aliphatic rings. The van der Waals surface area contributed by atoms with E-state index in [-0.39, 0.29) is 0 Å². The second-order valence-electron chi connectivity index (χ2n) is 3.54. The number of carbonyl (C=O) groups is 1. The molecule has 3 heteroatoms. The van der Waals surface area contributed by atoms with Crippen LogP contribution in [-0.4, -0.2) is 10.9 Å². The molecule has 0 saturated heterocycles. The van der Waals surface area contributed by atoms with E-state index in [1.165, 1.54) is 0 Å². The van der Waals surface area contributed by atoms with Crippen LogP contribution in [0.15, 0.2) is 53.1 Å². The Morgan fingerprint density at radius 1 is 1.06 bits per heavy atom. The van der Waals surface area contributed by atoms with Crippen LogP contribution >= 0.6 is 0 Å². The topological polar surface area (TPSA) is 35.1 Å². The Balaban J connectivity index is 2.21. The maximum absolute atomic E-state index is 10.5. The van der Waals surface area contributed by atoms with E-state index < -0.39 is 0 Å². The zero-order chi connectivity index (χ0) is 11.0. The van der Waals surface area contributed by atoms with Crippen molar-refractivity contribution < 1.29 is 9.21 Å². The zero-order valence-electron chi connectivity index (χ0n) is 8.46. The van der Waals surface area contributed by atoms with Gasteiger partial charge in [-0.25, -0.2) is 0 Å². The lowest BCUT2D eigenvalue weighted by atomic mass is 10.2. The summed E-state index contributed by atoms with van der Waals surface area (Å²) in [4.78, 5) is 10.5. The number of rotatable bonds is 2. The largest absolute Gasteiger partial charge is 0.437 e. The lowest BCUT2D eigenvalue weighted by Gasteiger charge is -1.99. The second-order valence-corrected chi connectivity index (χ2v) is 3.54. The van der Waals surface area contributed by atoms with Gasteiger partial charge in [0, 0.05) is 17.6 Å². The van der Waals surface area contributed by atoms with Gasteiger partial charge in [-0.3, -0.25) is 9.36 Å². The van der Waals surface area contributed by atoms with E-state index in [4.69, 9.17) is 4.42 Å². The van der Waals surface area contributed by atoms with Gasteiger partial charge in [0.2, 0.25) is 5.88 Å². The quantitative estimate of drug-likeness (QED) is 0.610. The number of fused-ring (bicyclic) bond motifs is 1. The Labute approximate surface area is 91.9 Å². The van der Waals surface area contributed by atoms with Crippen LogP contribution in [0.1, 0.15) is 10.6 Å². The highest BCUT2D eigenvalue weighted by molar-refractivity contribution is 5.81. The molecule has 16 heavy (non-hydrogen) atoms. The molecule has 0 saturated carbocycles. The van der Waals surface area contributed by atoms with Crippen LogP contribution in [0.4, 0.5) is 0 Å². The van der Waals surface area contributed by atoms with E-state index in [1.54, 1.807) is 12.1 Å². The van der Waals surface area contributed by atoms with Gasteiger partial charge in [-0.1, -0.05) is 18.2 Å². The molecule has 0 fully saturated rings. The first-order chi connectivity index (χ1) is 7.88. The predicted molar refractivity (Wildman–Crippen MR) is 60.9 cm³/mol. The zero-order valence-corrected chi connectivity index (χ0v) is 8.46. The summed E-state index contributed by atoms with van der Waals surface area (Å²) in [7, 11) is 0. The molecular weight excluding hydrogens is 202 g/mol. The molecule has 0 atom stereocenters. The summed E-state index contributed by atoms with van der Waals surface area (Å²) in [5.74, 6) is 0.996. The summed E-state index contributed by atoms with van der Waals surface area (Å²) in [6.45, 7) is 0. The van der Waals surface area contributed by atoms with E-state index in [0.717, 1.165) is 10.9 Å². The molecule has 0 radical (unpaired) electrons. The maximum atomic E-state index is 10.5. The van der Waals surface area contributed by atoms with Gasteiger partial charge < -0.3 is 4.42 Å². The Bertz CT molecular complexity index is 649. The van der Waals surface area contributed by atoms with E-state index in [0.29, 0.717) is 17.9 Å². The van der Waals surface area contributed by atoms with Crippen molar-refractivity contribution in [1.82, 2.24) is 4.57 Å². The molecule has 0 amide bonds. The smallest absolute Gasteiger partial charge is 0.204 e. The molecule has 0 spiro atoms. The summed E-state index contributed by atoms with van der Waals surface area (Å²) >= 11 is 0. The van der Waals surface area contributed by atoms with Crippen LogP contribution in [0.25, 0.3) is 16.8 Å². The summed E-state index contributed by atoms with van der Waals surface area (Å²) < 4.78 is 7.30. The van der Waals surface area contributed by atoms with Crippen molar-refractivity contribution in [1.29, 1.82) is 0 Å². The van der Waals surface area contributed by atoms with E-state index in [9.17, 15) is 4.79 Å². The molecule has 3 aromatic rings. The first-order valence-electron chi connectivity index (χ1n) is 5.00. The highest BCUT2D eigenvalue weighted by atomic mass is 16.4. The Kier molecular flexibility index (Phi) is 1.90.